The Bertz CT molecular complexity index is 489. The second-order valence-electron chi connectivity index (χ2n) is 6.86. The van der Waals surface area contributed by atoms with Crippen LogP contribution in [0.25, 0.3) is 0 Å². The van der Waals surface area contributed by atoms with Crippen LogP contribution in [0.15, 0.2) is 24.3 Å². The predicted octanol–water partition coefficient (Wildman–Crippen LogP) is 3.47. The zero-order valence-electron chi connectivity index (χ0n) is 13.9. The van der Waals surface area contributed by atoms with Gasteiger partial charge in [0.15, 0.2) is 0 Å². The Labute approximate surface area is 139 Å². The van der Waals surface area contributed by atoms with Crippen molar-refractivity contribution in [3.05, 3.63) is 29.8 Å². The van der Waals surface area contributed by atoms with Gasteiger partial charge in [0.05, 0.1) is 12.7 Å². The van der Waals surface area contributed by atoms with Gasteiger partial charge in [-0.3, -0.25) is 4.79 Å². The van der Waals surface area contributed by atoms with E-state index < -0.39 is 0 Å². The number of amides is 1. The fourth-order valence-corrected chi connectivity index (χ4v) is 3.47. The number of anilines is 1. The Balaban J connectivity index is 1.38. The fraction of sp³-hybridized carbons (Fsp3) is 0.632. The molecule has 0 bridgehead atoms. The lowest BCUT2D eigenvalue weighted by atomic mass is 10.0. The molecule has 1 saturated heterocycles. The van der Waals surface area contributed by atoms with E-state index in [0.717, 1.165) is 25.2 Å². The largest absolute Gasteiger partial charge is 0.374 e. The molecule has 1 saturated carbocycles. The first-order chi connectivity index (χ1) is 11.3. The van der Waals surface area contributed by atoms with E-state index in [4.69, 9.17) is 4.74 Å². The Morgan fingerprint density at radius 1 is 1.17 bits per heavy atom. The van der Waals surface area contributed by atoms with Crippen molar-refractivity contribution in [2.75, 3.05) is 18.4 Å². The molecule has 2 aliphatic rings. The van der Waals surface area contributed by atoms with Crippen LogP contribution in [0.2, 0.25) is 0 Å². The first-order valence-corrected chi connectivity index (χ1v) is 9.01. The SMILES string of the molecule is O=C(CCC1CCNC1)Nc1ccc(COC2CCCC2)cc1. The van der Waals surface area contributed by atoms with Crippen molar-refractivity contribution in [1.82, 2.24) is 5.32 Å². The van der Waals surface area contributed by atoms with Crippen molar-refractivity contribution in [1.29, 1.82) is 0 Å². The highest BCUT2D eigenvalue weighted by Gasteiger charge is 2.16. The molecule has 1 aromatic carbocycles. The first-order valence-electron chi connectivity index (χ1n) is 9.01. The lowest BCUT2D eigenvalue weighted by Gasteiger charge is -2.12. The number of rotatable bonds is 7. The Kier molecular flexibility index (Phi) is 6.06. The topological polar surface area (TPSA) is 50.4 Å². The third kappa shape index (κ3) is 5.33. The Morgan fingerprint density at radius 2 is 1.96 bits per heavy atom. The Morgan fingerprint density at radius 3 is 2.65 bits per heavy atom. The summed E-state index contributed by atoms with van der Waals surface area (Å²) in [5, 5.41) is 6.33. The number of nitrogens with one attached hydrogen (secondary N) is 2. The van der Waals surface area contributed by atoms with Crippen LogP contribution in [0.3, 0.4) is 0 Å². The molecule has 3 rings (SSSR count). The van der Waals surface area contributed by atoms with E-state index in [1.54, 1.807) is 0 Å². The number of hydrogen-bond donors (Lipinski definition) is 2. The molecule has 1 amide bonds. The fourth-order valence-electron chi connectivity index (χ4n) is 3.47. The maximum absolute atomic E-state index is 12.0. The molecule has 23 heavy (non-hydrogen) atoms. The van der Waals surface area contributed by atoms with Crippen molar-refractivity contribution in [3.63, 3.8) is 0 Å². The summed E-state index contributed by atoms with van der Waals surface area (Å²) in [5.41, 5.74) is 2.05. The molecule has 0 spiro atoms. The van der Waals surface area contributed by atoms with Gasteiger partial charge in [0.2, 0.25) is 5.91 Å². The third-order valence-electron chi connectivity index (χ3n) is 4.97. The number of carbonyl (C=O) groups is 1. The smallest absolute Gasteiger partial charge is 0.224 e. The third-order valence-corrected chi connectivity index (χ3v) is 4.97. The highest BCUT2D eigenvalue weighted by Crippen LogP contribution is 2.22. The maximum Gasteiger partial charge on any atom is 0.224 e. The van der Waals surface area contributed by atoms with Gasteiger partial charge in [-0.1, -0.05) is 25.0 Å². The van der Waals surface area contributed by atoms with Crippen molar-refractivity contribution >= 4 is 11.6 Å². The lowest BCUT2D eigenvalue weighted by molar-refractivity contribution is -0.116. The molecule has 1 heterocycles. The molecule has 1 aliphatic heterocycles. The Hall–Kier alpha value is -1.39. The number of carbonyl (C=O) groups excluding carboxylic acids is 1. The average molecular weight is 316 g/mol. The van der Waals surface area contributed by atoms with E-state index in [-0.39, 0.29) is 5.91 Å². The monoisotopic (exact) mass is 316 g/mol. The van der Waals surface area contributed by atoms with E-state index >= 15 is 0 Å². The van der Waals surface area contributed by atoms with E-state index in [1.807, 2.05) is 24.3 Å². The standard InChI is InChI=1S/C19H28N2O2/c22-19(10-7-15-11-12-20-13-15)21-17-8-5-16(6-9-17)14-23-18-3-1-2-4-18/h5-6,8-9,15,18,20H,1-4,7,10-14H2,(H,21,22). The molecule has 1 aromatic rings. The van der Waals surface area contributed by atoms with Crippen LogP contribution in [-0.2, 0) is 16.1 Å². The normalized spacial score (nSPS) is 21.7. The van der Waals surface area contributed by atoms with Crippen molar-refractivity contribution < 1.29 is 9.53 Å². The zero-order valence-corrected chi connectivity index (χ0v) is 13.9. The second kappa shape index (κ2) is 8.46. The lowest BCUT2D eigenvalue weighted by Crippen LogP contribution is -2.15. The van der Waals surface area contributed by atoms with Gasteiger partial charge in [-0.25, -0.2) is 0 Å². The van der Waals surface area contributed by atoms with E-state index in [2.05, 4.69) is 10.6 Å². The molecular weight excluding hydrogens is 288 g/mol. The summed E-state index contributed by atoms with van der Waals surface area (Å²) in [6.07, 6.45) is 8.22. The maximum atomic E-state index is 12.0. The molecule has 0 radical (unpaired) electrons. The van der Waals surface area contributed by atoms with Gasteiger partial charge < -0.3 is 15.4 Å². The number of hydrogen-bond acceptors (Lipinski definition) is 3. The van der Waals surface area contributed by atoms with Gasteiger partial charge in [0.1, 0.15) is 0 Å². The van der Waals surface area contributed by atoms with Crippen LogP contribution < -0.4 is 10.6 Å². The molecule has 1 atom stereocenters. The summed E-state index contributed by atoms with van der Waals surface area (Å²) in [7, 11) is 0. The summed E-state index contributed by atoms with van der Waals surface area (Å²) < 4.78 is 5.91. The van der Waals surface area contributed by atoms with Crippen LogP contribution in [0.4, 0.5) is 5.69 Å². The molecule has 2 fully saturated rings. The summed E-state index contributed by atoms with van der Waals surface area (Å²) in [4.78, 5) is 12.0. The van der Waals surface area contributed by atoms with Gasteiger partial charge in [-0.15, -0.1) is 0 Å². The van der Waals surface area contributed by atoms with Gasteiger partial charge in [0.25, 0.3) is 0 Å². The minimum absolute atomic E-state index is 0.117. The van der Waals surface area contributed by atoms with Crippen molar-refractivity contribution in [3.8, 4) is 0 Å². The number of benzene rings is 1. The molecule has 0 aromatic heterocycles. The first kappa shape index (κ1) is 16.5. The quantitative estimate of drug-likeness (QED) is 0.810. The van der Waals surface area contributed by atoms with Crippen LogP contribution in [0, 0.1) is 5.92 Å². The molecular formula is C19H28N2O2. The zero-order chi connectivity index (χ0) is 15.9. The highest BCUT2D eigenvalue weighted by atomic mass is 16.5. The van der Waals surface area contributed by atoms with Gasteiger partial charge in [-0.05, 0) is 62.4 Å². The van der Waals surface area contributed by atoms with E-state index in [1.165, 1.54) is 37.7 Å². The van der Waals surface area contributed by atoms with Crippen LogP contribution in [-0.4, -0.2) is 25.1 Å². The van der Waals surface area contributed by atoms with Crippen molar-refractivity contribution in [2.45, 2.75) is 57.7 Å². The van der Waals surface area contributed by atoms with Crippen LogP contribution in [0.1, 0.15) is 50.5 Å². The average Bonchev–Trinajstić information content (AvgIpc) is 3.26. The minimum atomic E-state index is 0.117. The van der Waals surface area contributed by atoms with E-state index in [0.29, 0.717) is 25.0 Å². The highest BCUT2D eigenvalue weighted by molar-refractivity contribution is 5.90. The van der Waals surface area contributed by atoms with E-state index in [9.17, 15) is 4.79 Å². The summed E-state index contributed by atoms with van der Waals surface area (Å²) >= 11 is 0. The molecule has 2 N–H and O–H groups in total. The predicted molar refractivity (Wildman–Crippen MR) is 92.3 cm³/mol. The number of ether oxygens (including phenoxy) is 1. The van der Waals surface area contributed by atoms with Crippen molar-refractivity contribution in [2.24, 2.45) is 5.92 Å². The van der Waals surface area contributed by atoms with Crippen LogP contribution in [0.5, 0.6) is 0 Å². The van der Waals surface area contributed by atoms with Gasteiger partial charge >= 0.3 is 0 Å². The molecule has 1 aliphatic carbocycles. The second-order valence-corrected chi connectivity index (χ2v) is 6.86. The minimum Gasteiger partial charge on any atom is -0.374 e. The molecule has 4 heteroatoms. The molecule has 1 unspecified atom stereocenters. The van der Waals surface area contributed by atoms with Gasteiger partial charge in [-0.2, -0.15) is 0 Å². The summed E-state index contributed by atoms with van der Waals surface area (Å²) in [5.74, 6) is 0.780. The molecule has 126 valence electrons. The van der Waals surface area contributed by atoms with Crippen LogP contribution >= 0.6 is 0 Å². The van der Waals surface area contributed by atoms with Gasteiger partial charge in [0, 0.05) is 12.1 Å². The molecule has 4 nitrogen and oxygen atoms in total. The summed E-state index contributed by atoms with van der Waals surface area (Å²) in [6.45, 7) is 2.83. The summed E-state index contributed by atoms with van der Waals surface area (Å²) in [6, 6.07) is 8.04.